The second-order valence-corrected chi connectivity index (χ2v) is 10.6. The predicted octanol–water partition coefficient (Wildman–Crippen LogP) is 1.42. The maximum atomic E-state index is 14.7. The highest BCUT2D eigenvalue weighted by atomic mass is 127. The van der Waals surface area contributed by atoms with E-state index in [1.54, 1.807) is 18.3 Å². The third kappa shape index (κ3) is 6.20. The second-order valence-electron chi connectivity index (χ2n) is 8.22. The number of nitrogens with one attached hydrogen (secondary N) is 1. The SMILES string of the molecule is NS(=O)(=O)OC[C@H]1C[C@@H](Nc2ncncc2C(=O)c2ccn(Cc3ccc(F)c(I)c3)n2)[C@@H](F)[C@@H]1O. The molecule has 1 fully saturated rings. The van der Waals surface area contributed by atoms with E-state index >= 15 is 0 Å². The van der Waals surface area contributed by atoms with E-state index in [0.29, 0.717) is 10.1 Å². The zero-order chi connectivity index (χ0) is 26.0. The van der Waals surface area contributed by atoms with Gasteiger partial charge in [-0.05, 0) is 52.8 Å². The minimum Gasteiger partial charge on any atom is -0.390 e. The molecule has 192 valence electrons. The van der Waals surface area contributed by atoms with Gasteiger partial charge in [0.25, 0.3) is 0 Å². The Balaban J connectivity index is 1.47. The van der Waals surface area contributed by atoms with Crippen LogP contribution in [0.15, 0.2) is 43.0 Å². The lowest BCUT2D eigenvalue weighted by atomic mass is 10.1. The number of aliphatic hydroxyl groups is 1. The van der Waals surface area contributed by atoms with Crippen LogP contribution in [-0.4, -0.2) is 64.0 Å². The van der Waals surface area contributed by atoms with Crippen molar-refractivity contribution in [1.82, 2.24) is 19.7 Å². The van der Waals surface area contributed by atoms with Crippen LogP contribution in [0.3, 0.4) is 0 Å². The number of nitrogens with two attached hydrogens (primary N) is 1. The summed E-state index contributed by atoms with van der Waals surface area (Å²) in [5, 5.41) is 22.0. The molecule has 4 atom stereocenters. The average molecular weight is 634 g/mol. The summed E-state index contributed by atoms with van der Waals surface area (Å²) < 4.78 is 56.8. The van der Waals surface area contributed by atoms with Crippen LogP contribution in [0.2, 0.25) is 0 Å². The van der Waals surface area contributed by atoms with Gasteiger partial charge in [0.05, 0.1) is 30.9 Å². The van der Waals surface area contributed by atoms with Crippen LogP contribution >= 0.6 is 22.6 Å². The van der Waals surface area contributed by atoms with E-state index in [-0.39, 0.29) is 29.3 Å². The molecule has 3 aromatic rings. The van der Waals surface area contributed by atoms with Gasteiger partial charge in [0, 0.05) is 21.9 Å². The average Bonchev–Trinajstić information content (AvgIpc) is 3.40. The number of ketones is 1. The lowest BCUT2D eigenvalue weighted by molar-refractivity contribution is 0.0501. The Labute approximate surface area is 218 Å². The predicted molar refractivity (Wildman–Crippen MR) is 131 cm³/mol. The van der Waals surface area contributed by atoms with Gasteiger partial charge in [-0.25, -0.2) is 23.9 Å². The van der Waals surface area contributed by atoms with Gasteiger partial charge in [-0.3, -0.25) is 13.7 Å². The topological polar surface area (TPSA) is 162 Å². The van der Waals surface area contributed by atoms with Crippen molar-refractivity contribution in [3.63, 3.8) is 0 Å². The van der Waals surface area contributed by atoms with Crippen molar-refractivity contribution in [2.45, 2.75) is 31.3 Å². The molecule has 0 radical (unpaired) electrons. The van der Waals surface area contributed by atoms with Gasteiger partial charge in [0.1, 0.15) is 29.8 Å². The minimum absolute atomic E-state index is 0.000579. The van der Waals surface area contributed by atoms with Crippen LogP contribution in [0.25, 0.3) is 0 Å². The standard InChI is InChI=1S/C21H21F2IN6O5S/c22-14-2-1-11(5-15(14)24)8-30-4-3-16(29-30)20(32)13-7-26-10-27-21(13)28-17-6-12(19(31)18(17)23)9-35-36(25,33)34/h1-5,7,10,12,17-19,31H,6,8-9H2,(H2,25,33,34)(H,26,27,28)/t12-,17-,18-,19-/m1/s1. The van der Waals surface area contributed by atoms with E-state index in [1.807, 2.05) is 22.6 Å². The summed E-state index contributed by atoms with van der Waals surface area (Å²) in [6, 6.07) is 5.19. The Kier molecular flexibility index (Phi) is 7.93. The molecular weight excluding hydrogens is 613 g/mol. The number of hydrogen-bond donors (Lipinski definition) is 3. The number of nitrogens with zero attached hydrogens (tertiary/aromatic N) is 4. The van der Waals surface area contributed by atoms with Crippen molar-refractivity contribution in [2.75, 3.05) is 11.9 Å². The maximum Gasteiger partial charge on any atom is 0.333 e. The third-order valence-electron chi connectivity index (χ3n) is 5.68. The zero-order valence-corrected chi connectivity index (χ0v) is 21.4. The minimum atomic E-state index is -4.24. The maximum absolute atomic E-state index is 14.7. The molecule has 0 saturated heterocycles. The molecule has 4 N–H and O–H groups in total. The first kappa shape index (κ1) is 26.5. The summed E-state index contributed by atoms with van der Waals surface area (Å²) in [4.78, 5) is 21.1. The molecule has 1 saturated carbocycles. The van der Waals surface area contributed by atoms with Crippen LogP contribution < -0.4 is 10.5 Å². The fraction of sp³-hybridized carbons (Fsp3) is 0.333. The Morgan fingerprint density at radius 2 is 2.14 bits per heavy atom. The molecule has 1 aliphatic rings. The van der Waals surface area contributed by atoms with Crippen molar-refractivity contribution in [3.05, 3.63) is 69.2 Å². The van der Waals surface area contributed by atoms with Gasteiger partial charge < -0.3 is 10.4 Å². The van der Waals surface area contributed by atoms with E-state index in [0.717, 1.165) is 5.56 Å². The van der Waals surface area contributed by atoms with E-state index in [1.165, 1.54) is 29.3 Å². The Morgan fingerprint density at radius 1 is 1.36 bits per heavy atom. The number of aliphatic hydroxyl groups excluding tert-OH is 1. The number of benzene rings is 1. The molecule has 11 nitrogen and oxygen atoms in total. The molecule has 0 spiro atoms. The monoisotopic (exact) mass is 634 g/mol. The van der Waals surface area contributed by atoms with Gasteiger partial charge in [0.15, 0.2) is 0 Å². The van der Waals surface area contributed by atoms with Crippen LogP contribution in [0.4, 0.5) is 14.6 Å². The first-order chi connectivity index (χ1) is 17.0. The molecule has 0 aliphatic heterocycles. The second kappa shape index (κ2) is 10.8. The lowest BCUT2D eigenvalue weighted by Crippen LogP contribution is -2.33. The highest BCUT2D eigenvalue weighted by Crippen LogP contribution is 2.32. The number of aromatic nitrogens is 4. The van der Waals surface area contributed by atoms with Crippen LogP contribution in [-0.2, 0) is 21.0 Å². The summed E-state index contributed by atoms with van der Waals surface area (Å²) in [5.74, 6) is -1.66. The molecule has 4 rings (SSSR count). The largest absolute Gasteiger partial charge is 0.390 e. The number of carbonyl (C=O) groups is 1. The van der Waals surface area contributed by atoms with Crippen molar-refractivity contribution in [1.29, 1.82) is 0 Å². The lowest BCUT2D eigenvalue weighted by Gasteiger charge is -2.18. The number of hydrogen-bond acceptors (Lipinski definition) is 9. The van der Waals surface area contributed by atoms with E-state index < -0.39 is 46.9 Å². The quantitative estimate of drug-likeness (QED) is 0.234. The van der Waals surface area contributed by atoms with Crippen molar-refractivity contribution < 1.29 is 31.3 Å². The van der Waals surface area contributed by atoms with Gasteiger partial charge in [-0.15, -0.1) is 0 Å². The zero-order valence-electron chi connectivity index (χ0n) is 18.5. The number of alkyl halides is 1. The molecule has 0 bridgehead atoms. The van der Waals surface area contributed by atoms with Gasteiger partial charge in [-0.1, -0.05) is 6.07 Å². The summed E-state index contributed by atoms with van der Waals surface area (Å²) in [5.41, 5.74) is 0.917. The Bertz CT molecular complexity index is 1370. The number of halogens is 3. The molecule has 15 heteroatoms. The fourth-order valence-corrected chi connectivity index (χ4v) is 4.85. The molecule has 0 unspecified atom stereocenters. The van der Waals surface area contributed by atoms with Crippen LogP contribution in [0, 0.1) is 15.3 Å². The smallest absolute Gasteiger partial charge is 0.333 e. The molecular formula is C21H21F2IN6O5S. The highest BCUT2D eigenvalue weighted by Gasteiger charge is 2.44. The fourth-order valence-electron chi connectivity index (χ4n) is 3.90. The summed E-state index contributed by atoms with van der Waals surface area (Å²) in [6.45, 7) is -0.176. The number of anilines is 1. The van der Waals surface area contributed by atoms with E-state index in [9.17, 15) is 27.1 Å². The van der Waals surface area contributed by atoms with E-state index in [2.05, 4.69) is 24.6 Å². The van der Waals surface area contributed by atoms with Crippen molar-refractivity contribution in [3.8, 4) is 0 Å². The summed E-state index contributed by atoms with van der Waals surface area (Å²) >= 11 is 1.89. The molecule has 1 aromatic carbocycles. The molecule has 2 heterocycles. The van der Waals surface area contributed by atoms with Crippen LogP contribution in [0.1, 0.15) is 28.0 Å². The Hall–Kier alpha value is -2.60. The molecule has 36 heavy (non-hydrogen) atoms. The first-order valence-electron chi connectivity index (χ1n) is 10.6. The summed E-state index contributed by atoms with van der Waals surface area (Å²) in [7, 11) is -4.24. The van der Waals surface area contributed by atoms with Gasteiger partial charge in [0.2, 0.25) is 5.78 Å². The van der Waals surface area contributed by atoms with E-state index in [4.69, 9.17) is 5.14 Å². The number of carbonyl (C=O) groups excluding carboxylic acids is 1. The number of rotatable bonds is 9. The Morgan fingerprint density at radius 3 is 2.86 bits per heavy atom. The third-order valence-corrected chi connectivity index (χ3v) is 6.97. The first-order valence-corrected chi connectivity index (χ1v) is 13.1. The molecule has 2 aromatic heterocycles. The summed E-state index contributed by atoms with van der Waals surface area (Å²) in [6.07, 6.45) is 0.750. The van der Waals surface area contributed by atoms with Crippen LogP contribution in [0.5, 0.6) is 0 Å². The normalized spacial score (nSPS) is 22.0. The van der Waals surface area contributed by atoms with Crippen molar-refractivity contribution >= 4 is 44.5 Å². The van der Waals surface area contributed by atoms with Gasteiger partial charge >= 0.3 is 10.3 Å². The van der Waals surface area contributed by atoms with Crippen molar-refractivity contribution in [2.24, 2.45) is 11.1 Å². The highest BCUT2D eigenvalue weighted by molar-refractivity contribution is 14.1. The molecule has 0 amide bonds. The van der Waals surface area contributed by atoms with Gasteiger partial charge in [-0.2, -0.15) is 13.5 Å². The molecule has 1 aliphatic carbocycles.